The highest BCUT2D eigenvalue weighted by Gasteiger charge is 2.44. The normalized spacial score (nSPS) is 21.2. The van der Waals surface area contributed by atoms with Gasteiger partial charge in [-0.1, -0.05) is 24.0 Å². The van der Waals surface area contributed by atoms with Crippen molar-refractivity contribution in [1.29, 1.82) is 0 Å². The largest absolute Gasteiger partial charge is 0.872 e. The molecule has 1 aromatic heterocycles. The van der Waals surface area contributed by atoms with Crippen LogP contribution in [0.4, 0.5) is 0 Å². The summed E-state index contributed by atoms with van der Waals surface area (Å²) in [5, 5.41) is 23.7. The zero-order valence-corrected chi connectivity index (χ0v) is 17.9. The van der Waals surface area contributed by atoms with Crippen molar-refractivity contribution in [2.24, 2.45) is 0 Å². The van der Waals surface area contributed by atoms with E-state index >= 15 is 0 Å². The number of fused-ring (bicyclic) bond motifs is 1. The van der Waals surface area contributed by atoms with Gasteiger partial charge in [-0.3, -0.25) is 9.59 Å². The molecule has 3 heterocycles. The first-order chi connectivity index (χ1) is 15.9. The third-order valence-corrected chi connectivity index (χ3v) is 6.00. The number of hydrogen-bond acceptors (Lipinski definition) is 5. The molecule has 1 fully saturated rings. The van der Waals surface area contributed by atoms with Crippen molar-refractivity contribution in [3.8, 4) is 11.5 Å². The number of aromatic amines is 1. The van der Waals surface area contributed by atoms with E-state index in [4.69, 9.17) is 4.74 Å². The van der Waals surface area contributed by atoms with Gasteiger partial charge in [-0.05, 0) is 53.9 Å². The van der Waals surface area contributed by atoms with Gasteiger partial charge in [0.2, 0.25) is 5.78 Å². The lowest BCUT2D eigenvalue weighted by molar-refractivity contribution is -0.378. The maximum Gasteiger partial charge on any atom is 0.295 e. The number of pyridine rings is 1. The van der Waals surface area contributed by atoms with Gasteiger partial charge >= 0.3 is 0 Å². The lowest BCUT2D eigenvalue weighted by Crippen LogP contribution is -2.29. The van der Waals surface area contributed by atoms with Crippen molar-refractivity contribution in [2.75, 3.05) is 0 Å². The molecule has 2 aromatic carbocycles. The van der Waals surface area contributed by atoms with E-state index in [2.05, 4.69) is 4.98 Å². The summed E-state index contributed by atoms with van der Waals surface area (Å²) in [4.78, 5) is 30.5. The number of Topliss-reactive ketones (excluding diaryl/α,β-unsaturated/α-hetero) is 1. The predicted octanol–water partition coefficient (Wildman–Crippen LogP) is 1.95. The number of amides is 1. The molecule has 0 saturated carbocycles. The predicted molar refractivity (Wildman–Crippen MR) is 117 cm³/mol. The number of phenols is 1. The van der Waals surface area contributed by atoms with Gasteiger partial charge in [0.05, 0.1) is 12.6 Å². The topological polar surface area (TPSA) is 104 Å². The number of rotatable bonds is 4. The number of likely N-dealkylation sites (tertiary alicyclic amines) is 1. The number of aromatic nitrogens is 1. The minimum absolute atomic E-state index is 0.0113. The fourth-order valence-corrected chi connectivity index (χ4v) is 4.52. The molecule has 2 unspecified atom stereocenters. The molecule has 33 heavy (non-hydrogen) atoms. The van der Waals surface area contributed by atoms with E-state index in [9.17, 15) is 19.8 Å². The molecule has 0 aliphatic carbocycles. The summed E-state index contributed by atoms with van der Waals surface area (Å²) in [5.74, 6) is -1.34. The van der Waals surface area contributed by atoms with Crippen molar-refractivity contribution >= 4 is 17.4 Å². The molecule has 3 aromatic rings. The SMILES string of the molecule is CC1Cc2cc(C([O-])=C3C(=O)C(=O)N(Cc4ccc[nH+]c4)C3c3cccc(O)c3)ccc2O1. The number of nitrogens with one attached hydrogen (secondary N) is 1. The lowest BCUT2D eigenvalue weighted by Gasteiger charge is -2.27. The highest BCUT2D eigenvalue weighted by atomic mass is 16.5. The van der Waals surface area contributed by atoms with Gasteiger partial charge < -0.3 is 19.8 Å². The molecule has 0 bridgehead atoms. The standard InChI is InChI=1S/C26H22N2O5/c1-15-10-19-11-18(7-8-21(19)33-15)24(30)22-23(17-5-2-6-20(29)12-17)28(26(32)25(22)31)14-16-4-3-9-27-13-16/h2-9,11-13,15,23,29-30H,10,14H2,1H3. The number of H-pyrrole nitrogens is 1. The van der Waals surface area contributed by atoms with Crippen LogP contribution in [0.15, 0.2) is 72.6 Å². The third-order valence-electron chi connectivity index (χ3n) is 6.00. The van der Waals surface area contributed by atoms with Gasteiger partial charge in [0.15, 0.2) is 12.4 Å². The van der Waals surface area contributed by atoms with Crippen molar-refractivity contribution in [1.82, 2.24) is 4.90 Å². The second-order valence-corrected chi connectivity index (χ2v) is 8.37. The van der Waals surface area contributed by atoms with E-state index in [1.807, 2.05) is 13.0 Å². The van der Waals surface area contributed by atoms with E-state index in [-0.39, 0.29) is 24.0 Å². The Bertz CT molecular complexity index is 1280. The lowest BCUT2D eigenvalue weighted by atomic mass is 9.94. The highest BCUT2D eigenvalue weighted by Crippen LogP contribution is 2.41. The first kappa shape index (κ1) is 20.8. The molecule has 166 valence electrons. The molecule has 1 saturated heterocycles. The maximum absolute atomic E-state index is 13.6. The van der Waals surface area contributed by atoms with Crippen molar-refractivity contribution in [2.45, 2.75) is 32.0 Å². The summed E-state index contributed by atoms with van der Waals surface area (Å²) in [7, 11) is 0. The average Bonchev–Trinajstić information content (AvgIpc) is 3.30. The van der Waals surface area contributed by atoms with Crippen LogP contribution in [-0.2, 0) is 22.6 Å². The first-order valence-corrected chi connectivity index (χ1v) is 10.7. The van der Waals surface area contributed by atoms with E-state index < -0.39 is 23.5 Å². The van der Waals surface area contributed by atoms with Crippen LogP contribution < -0.4 is 14.8 Å². The molecule has 1 amide bonds. The molecule has 2 aliphatic rings. The molecule has 2 atom stereocenters. The zero-order valence-electron chi connectivity index (χ0n) is 17.9. The van der Waals surface area contributed by atoms with Crippen LogP contribution in [0.5, 0.6) is 11.5 Å². The molecule has 7 heteroatoms. The Hall–Kier alpha value is -4.13. The van der Waals surface area contributed by atoms with Gasteiger partial charge in [-0.2, -0.15) is 0 Å². The van der Waals surface area contributed by atoms with Crippen molar-refractivity contribution in [3.63, 3.8) is 0 Å². The minimum atomic E-state index is -0.909. The van der Waals surface area contributed by atoms with E-state index in [0.717, 1.165) is 16.9 Å². The molecule has 5 rings (SSSR count). The van der Waals surface area contributed by atoms with Crippen LogP contribution in [-0.4, -0.2) is 27.8 Å². The number of ether oxygens (including phenoxy) is 1. The second-order valence-electron chi connectivity index (χ2n) is 8.37. The number of phenolic OH excluding ortho intramolecular Hbond substituents is 1. The number of ketones is 1. The van der Waals surface area contributed by atoms with Crippen LogP contribution in [0.25, 0.3) is 5.76 Å². The molecular formula is C26H22N2O5. The number of benzene rings is 2. The highest BCUT2D eigenvalue weighted by molar-refractivity contribution is 6.46. The Morgan fingerprint density at radius 1 is 1.18 bits per heavy atom. The second kappa shape index (κ2) is 8.09. The van der Waals surface area contributed by atoms with E-state index in [1.165, 1.54) is 17.0 Å². The van der Waals surface area contributed by atoms with Crippen LogP contribution >= 0.6 is 0 Å². The smallest absolute Gasteiger partial charge is 0.295 e. The number of nitrogens with zero attached hydrogens (tertiary/aromatic N) is 1. The van der Waals surface area contributed by atoms with Crippen LogP contribution in [0.2, 0.25) is 0 Å². The summed E-state index contributed by atoms with van der Waals surface area (Å²) < 4.78 is 5.71. The Balaban J connectivity index is 1.64. The van der Waals surface area contributed by atoms with Crippen molar-refractivity contribution in [3.05, 3.63) is 94.8 Å². The number of carbonyl (C=O) groups excluding carboxylic acids is 2. The number of carbonyl (C=O) groups is 2. The Morgan fingerprint density at radius 3 is 2.79 bits per heavy atom. The quantitative estimate of drug-likeness (QED) is 0.378. The summed E-state index contributed by atoms with van der Waals surface area (Å²) in [6.07, 6.45) is 4.17. The summed E-state index contributed by atoms with van der Waals surface area (Å²) in [6, 6.07) is 14.1. The molecule has 2 aliphatic heterocycles. The summed E-state index contributed by atoms with van der Waals surface area (Å²) in [6.45, 7) is 2.08. The van der Waals surface area contributed by atoms with Crippen LogP contribution in [0, 0.1) is 0 Å². The van der Waals surface area contributed by atoms with Gasteiger partial charge in [0.25, 0.3) is 5.91 Å². The minimum Gasteiger partial charge on any atom is -0.872 e. The maximum atomic E-state index is 13.6. The summed E-state index contributed by atoms with van der Waals surface area (Å²) in [5.41, 5.74) is 2.40. The third kappa shape index (κ3) is 3.71. The molecule has 0 radical (unpaired) electrons. The number of hydrogen-bond donors (Lipinski definition) is 1. The Morgan fingerprint density at radius 2 is 2.03 bits per heavy atom. The Labute approximate surface area is 190 Å². The van der Waals surface area contributed by atoms with E-state index in [1.54, 1.807) is 48.8 Å². The number of aromatic hydroxyl groups is 1. The first-order valence-electron chi connectivity index (χ1n) is 10.7. The van der Waals surface area contributed by atoms with E-state index in [0.29, 0.717) is 17.5 Å². The monoisotopic (exact) mass is 442 g/mol. The average molecular weight is 442 g/mol. The van der Waals surface area contributed by atoms with Crippen LogP contribution in [0.3, 0.4) is 0 Å². The molecule has 2 N–H and O–H groups in total. The van der Waals surface area contributed by atoms with Gasteiger partial charge in [-0.25, -0.2) is 4.98 Å². The summed E-state index contributed by atoms with van der Waals surface area (Å²) >= 11 is 0. The van der Waals surface area contributed by atoms with Crippen LogP contribution in [0.1, 0.15) is 35.2 Å². The fraction of sp³-hybridized carbons (Fsp3) is 0.192. The Kier molecular flexibility index (Phi) is 5.09. The zero-order chi connectivity index (χ0) is 23.1. The van der Waals surface area contributed by atoms with Gasteiger partial charge in [0.1, 0.15) is 17.6 Å². The van der Waals surface area contributed by atoms with Crippen molar-refractivity contribution < 1.29 is 29.5 Å². The van der Waals surface area contributed by atoms with Gasteiger partial charge in [0, 0.05) is 23.6 Å². The molecular weight excluding hydrogens is 420 g/mol. The fourth-order valence-electron chi connectivity index (χ4n) is 4.52. The van der Waals surface area contributed by atoms with Gasteiger partial charge in [-0.15, -0.1) is 0 Å². The molecule has 0 spiro atoms. The molecule has 7 nitrogen and oxygen atoms in total.